The zero-order chi connectivity index (χ0) is 19.4. The van der Waals surface area contributed by atoms with Gasteiger partial charge in [0.2, 0.25) is 11.8 Å². The van der Waals surface area contributed by atoms with E-state index in [2.05, 4.69) is 4.90 Å². The maximum absolute atomic E-state index is 12.6. The van der Waals surface area contributed by atoms with Gasteiger partial charge in [0.1, 0.15) is 13.2 Å². The van der Waals surface area contributed by atoms with Crippen LogP contribution < -0.4 is 0 Å². The minimum Gasteiger partial charge on any atom is -0.448 e. The van der Waals surface area contributed by atoms with Crippen LogP contribution in [-0.2, 0) is 19.1 Å². The first kappa shape index (κ1) is 19.9. The molecule has 3 amide bonds. The fraction of sp³-hybridized carbons (Fsp3) is 0.833. The van der Waals surface area contributed by atoms with E-state index in [-0.39, 0.29) is 30.6 Å². The Morgan fingerprint density at radius 1 is 0.926 bits per heavy atom. The molecule has 3 aliphatic rings. The van der Waals surface area contributed by atoms with Crippen molar-refractivity contribution >= 4 is 17.9 Å². The van der Waals surface area contributed by atoms with Gasteiger partial charge >= 0.3 is 6.09 Å². The summed E-state index contributed by atoms with van der Waals surface area (Å²) in [5.41, 5.74) is 0. The molecule has 3 saturated heterocycles. The number of carbonyl (C=O) groups is 3. The molecule has 0 N–H and O–H groups in total. The lowest BCUT2D eigenvalue weighted by Gasteiger charge is -2.36. The van der Waals surface area contributed by atoms with Crippen molar-refractivity contribution in [3.63, 3.8) is 0 Å². The van der Waals surface area contributed by atoms with Gasteiger partial charge in [-0.05, 0) is 20.3 Å². The van der Waals surface area contributed by atoms with Crippen LogP contribution in [0.25, 0.3) is 0 Å². The van der Waals surface area contributed by atoms with Gasteiger partial charge in [-0.3, -0.25) is 19.4 Å². The highest BCUT2D eigenvalue weighted by atomic mass is 16.6. The van der Waals surface area contributed by atoms with Gasteiger partial charge in [-0.25, -0.2) is 4.79 Å². The van der Waals surface area contributed by atoms with Crippen molar-refractivity contribution < 1.29 is 23.9 Å². The summed E-state index contributed by atoms with van der Waals surface area (Å²) in [5.74, 6) is 0.0643. The van der Waals surface area contributed by atoms with Crippen molar-refractivity contribution in [1.82, 2.24) is 19.6 Å². The molecule has 9 nitrogen and oxygen atoms in total. The van der Waals surface area contributed by atoms with E-state index in [4.69, 9.17) is 9.47 Å². The van der Waals surface area contributed by atoms with E-state index in [1.54, 1.807) is 4.90 Å². The van der Waals surface area contributed by atoms with Crippen LogP contribution >= 0.6 is 0 Å². The fourth-order valence-electron chi connectivity index (χ4n) is 3.88. The highest BCUT2D eigenvalue weighted by Gasteiger charge is 2.29. The number of hydrogen-bond acceptors (Lipinski definition) is 6. The number of carbonyl (C=O) groups excluding carboxylic acids is 3. The molecule has 0 aliphatic carbocycles. The van der Waals surface area contributed by atoms with Crippen LogP contribution in [0.2, 0.25) is 0 Å². The van der Waals surface area contributed by atoms with Crippen molar-refractivity contribution in [2.75, 3.05) is 65.5 Å². The molecular formula is C18H30N4O5. The van der Waals surface area contributed by atoms with Crippen LogP contribution in [0.4, 0.5) is 4.79 Å². The molecule has 3 heterocycles. The third-order valence-corrected chi connectivity index (χ3v) is 5.24. The van der Waals surface area contributed by atoms with Crippen LogP contribution in [0.15, 0.2) is 0 Å². The third-order valence-electron chi connectivity index (χ3n) is 5.24. The topological polar surface area (TPSA) is 82.6 Å². The maximum Gasteiger partial charge on any atom is 0.410 e. The second kappa shape index (κ2) is 8.88. The lowest BCUT2D eigenvalue weighted by Crippen LogP contribution is -2.51. The Morgan fingerprint density at radius 3 is 2.30 bits per heavy atom. The lowest BCUT2D eigenvalue weighted by atomic mass is 10.2. The summed E-state index contributed by atoms with van der Waals surface area (Å²) >= 11 is 0. The van der Waals surface area contributed by atoms with Crippen molar-refractivity contribution in [3.8, 4) is 0 Å². The molecule has 9 heteroatoms. The van der Waals surface area contributed by atoms with Crippen molar-refractivity contribution in [1.29, 1.82) is 0 Å². The molecule has 27 heavy (non-hydrogen) atoms. The number of amides is 3. The molecule has 3 aliphatic heterocycles. The molecule has 0 aromatic rings. The molecule has 3 rings (SSSR count). The Labute approximate surface area is 160 Å². The third kappa shape index (κ3) is 5.32. The summed E-state index contributed by atoms with van der Waals surface area (Å²) in [4.78, 5) is 43.8. The number of rotatable bonds is 4. The van der Waals surface area contributed by atoms with E-state index in [0.717, 1.165) is 13.0 Å². The molecule has 0 bridgehead atoms. The molecule has 0 saturated carbocycles. The van der Waals surface area contributed by atoms with E-state index >= 15 is 0 Å². The van der Waals surface area contributed by atoms with Crippen LogP contribution in [0, 0.1) is 0 Å². The van der Waals surface area contributed by atoms with Gasteiger partial charge in [-0.15, -0.1) is 0 Å². The Bertz CT molecular complexity index is 562. The predicted molar refractivity (Wildman–Crippen MR) is 97.1 cm³/mol. The summed E-state index contributed by atoms with van der Waals surface area (Å²) in [7, 11) is 0. The van der Waals surface area contributed by atoms with E-state index in [1.165, 1.54) is 4.90 Å². The minimum atomic E-state index is -0.417. The Kier molecular flexibility index (Phi) is 6.54. The zero-order valence-corrected chi connectivity index (χ0v) is 16.3. The Morgan fingerprint density at radius 2 is 1.63 bits per heavy atom. The van der Waals surface area contributed by atoms with Crippen molar-refractivity contribution in [3.05, 3.63) is 0 Å². The van der Waals surface area contributed by atoms with Gasteiger partial charge in [0, 0.05) is 39.3 Å². The van der Waals surface area contributed by atoms with Crippen molar-refractivity contribution in [2.45, 2.75) is 32.5 Å². The van der Waals surface area contributed by atoms with Gasteiger partial charge in [0.05, 0.1) is 25.3 Å². The summed E-state index contributed by atoms with van der Waals surface area (Å²) in [6.07, 6.45) is 0.526. The van der Waals surface area contributed by atoms with Crippen molar-refractivity contribution in [2.24, 2.45) is 0 Å². The standard InChI is InChI=1S/C18H30N4O5/c1-14-10-22(11-15(2)27-14)16(23)12-19-4-3-5-20(7-6-19)17(24)13-21-8-9-26-18(21)25/h14-15H,3-13H2,1-2H3/t14-,15+. The van der Waals surface area contributed by atoms with Gasteiger partial charge in [0.15, 0.2) is 0 Å². The normalized spacial score (nSPS) is 27.5. The molecule has 0 aromatic carbocycles. The Hall–Kier alpha value is -1.87. The molecule has 0 aromatic heterocycles. The molecular weight excluding hydrogens is 352 g/mol. The number of nitrogens with zero attached hydrogens (tertiary/aromatic N) is 4. The molecule has 152 valence electrons. The average molecular weight is 382 g/mol. The van der Waals surface area contributed by atoms with E-state index in [0.29, 0.717) is 52.4 Å². The number of hydrogen-bond donors (Lipinski definition) is 0. The first-order chi connectivity index (χ1) is 12.9. The number of ether oxygens (including phenoxy) is 2. The van der Waals surface area contributed by atoms with E-state index < -0.39 is 6.09 Å². The molecule has 2 atom stereocenters. The lowest BCUT2D eigenvalue weighted by molar-refractivity contribution is -0.144. The first-order valence-corrected chi connectivity index (χ1v) is 9.77. The van der Waals surface area contributed by atoms with Crippen LogP contribution in [-0.4, -0.2) is 115 Å². The second-order valence-corrected chi connectivity index (χ2v) is 7.60. The quantitative estimate of drug-likeness (QED) is 0.659. The summed E-state index contributed by atoms with van der Waals surface area (Å²) < 4.78 is 10.6. The van der Waals surface area contributed by atoms with Gasteiger partial charge in [-0.1, -0.05) is 0 Å². The zero-order valence-electron chi connectivity index (χ0n) is 16.3. The Balaban J connectivity index is 1.45. The van der Waals surface area contributed by atoms with Gasteiger partial charge in [-0.2, -0.15) is 0 Å². The highest BCUT2D eigenvalue weighted by molar-refractivity contribution is 5.83. The minimum absolute atomic E-state index is 0.0575. The molecule has 0 unspecified atom stereocenters. The van der Waals surface area contributed by atoms with E-state index in [1.807, 2.05) is 18.7 Å². The average Bonchev–Trinajstić information content (AvgIpc) is 2.87. The summed E-state index contributed by atoms with van der Waals surface area (Å²) in [5, 5.41) is 0. The molecule has 0 radical (unpaired) electrons. The van der Waals surface area contributed by atoms with Gasteiger partial charge < -0.3 is 19.3 Å². The summed E-state index contributed by atoms with van der Waals surface area (Å²) in [6, 6.07) is 0. The smallest absolute Gasteiger partial charge is 0.410 e. The monoisotopic (exact) mass is 382 g/mol. The van der Waals surface area contributed by atoms with Gasteiger partial charge in [0.25, 0.3) is 0 Å². The molecule has 0 spiro atoms. The number of morpholine rings is 1. The maximum atomic E-state index is 12.6. The second-order valence-electron chi connectivity index (χ2n) is 7.60. The van der Waals surface area contributed by atoms with Crippen LogP contribution in [0.3, 0.4) is 0 Å². The number of cyclic esters (lactones) is 1. The molecule has 3 fully saturated rings. The first-order valence-electron chi connectivity index (χ1n) is 9.77. The largest absolute Gasteiger partial charge is 0.448 e. The van der Waals surface area contributed by atoms with Crippen LogP contribution in [0.1, 0.15) is 20.3 Å². The summed E-state index contributed by atoms with van der Waals surface area (Å²) in [6.45, 7) is 9.18. The predicted octanol–water partition coefficient (Wildman–Crippen LogP) is -0.391. The highest BCUT2D eigenvalue weighted by Crippen LogP contribution is 2.12. The SMILES string of the molecule is C[C@@H]1CN(C(=O)CN2CCCN(C(=O)CN3CCOC3=O)CC2)C[C@H](C)O1. The van der Waals surface area contributed by atoms with Crippen LogP contribution in [0.5, 0.6) is 0 Å². The van der Waals surface area contributed by atoms with E-state index in [9.17, 15) is 14.4 Å². The fourth-order valence-corrected chi connectivity index (χ4v) is 3.88.